The van der Waals surface area contributed by atoms with Gasteiger partial charge < -0.3 is 15.5 Å². The average molecular weight is 345 g/mol. The van der Waals surface area contributed by atoms with Gasteiger partial charge in [0.25, 0.3) is 0 Å². The summed E-state index contributed by atoms with van der Waals surface area (Å²) >= 11 is 1.66. The zero-order chi connectivity index (χ0) is 16.4. The number of thiophene rings is 1. The van der Waals surface area contributed by atoms with Crippen LogP contribution in [0.3, 0.4) is 0 Å². The standard InChI is InChI=1S/C17H23N5OS/c23-17(18-11-14-2-1-9-24-14)19-13-5-7-22(8-6-13)16-10-15(20-21-16)12-3-4-12/h1-2,9-10,12-13H,3-8,11H2,(H,20,21)(H2,18,19,23). The molecule has 1 aliphatic carbocycles. The fraction of sp³-hybridized carbons (Fsp3) is 0.529. The molecule has 2 aliphatic rings. The number of H-pyrrole nitrogens is 1. The molecule has 0 atom stereocenters. The normalized spacial score (nSPS) is 18.6. The first-order valence-corrected chi connectivity index (χ1v) is 9.53. The summed E-state index contributed by atoms with van der Waals surface area (Å²) in [5.41, 5.74) is 1.28. The molecule has 6 nitrogen and oxygen atoms in total. The predicted octanol–water partition coefficient (Wildman–Crippen LogP) is 2.82. The smallest absolute Gasteiger partial charge is 0.315 e. The van der Waals surface area contributed by atoms with Crippen molar-refractivity contribution in [2.45, 2.75) is 44.2 Å². The summed E-state index contributed by atoms with van der Waals surface area (Å²) in [5, 5.41) is 15.7. The number of rotatable bonds is 5. The number of hydrogen-bond acceptors (Lipinski definition) is 4. The molecular weight excluding hydrogens is 322 g/mol. The summed E-state index contributed by atoms with van der Waals surface area (Å²) in [6.07, 6.45) is 4.48. The van der Waals surface area contributed by atoms with E-state index in [1.807, 2.05) is 17.5 Å². The molecule has 2 amide bonds. The Morgan fingerprint density at radius 3 is 2.88 bits per heavy atom. The van der Waals surface area contributed by atoms with Gasteiger partial charge in [0.2, 0.25) is 0 Å². The number of aromatic amines is 1. The molecule has 0 radical (unpaired) electrons. The number of piperidine rings is 1. The van der Waals surface area contributed by atoms with Crippen LogP contribution < -0.4 is 15.5 Å². The maximum atomic E-state index is 12.0. The third-order valence-corrected chi connectivity index (χ3v) is 5.64. The Labute approximate surface area is 145 Å². The molecule has 0 aromatic carbocycles. The van der Waals surface area contributed by atoms with Crippen LogP contribution in [0.5, 0.6) is 0 Å². The Kier molecular flexibility index (Phi) is 4.42. The number of nitrogens with zero attached hydrogens (tertiary/aromatic N) is 2. The second-order valence-corrected chi connectivity index (χ2v) is 7.66. The number of carbonyl (C=O) groups excluding carboxylic acids is 1. The van der Waals surface area contributed by atoms with Gasteiger partial charge in [-0.3, -0.25) is 5.10 Å². The lowest BCUT2D eigenvalue weighted by Crippen LogP contribution is -2.47. The Balaban J connectivity index is 1.21. The first kappa shape index (κ1) is 15.5. The first-order chi connectivity index (χ1) is 11.8. The number of carbonyl (C=O) groups is 1. The molecule has 4 rings (SSSR count). The summed E-state index contributed by atoms with van der Waals surface area (Å²) in [6, 6.07) is 6.39. The van der Waals surface area contributed by atoms with Crippen LogP contribution in [0.4, 0.5) is 10.6 Å². The predicted molar refractivity (Wildman–Crippen MR) is 95.5 cm³/mol. The molecule has 24 heavy (non-hydrogen) atoms. The Hall–Kier alpha value is -2.02. The van der Waals surface area contributed by atoms with E-state index in [9.17, 15) is 4.79 Å². The third kappa shape index (κ3) is 3.72. The van der Waals surface area contributed by atoms with Crippen molar-refractivity contribution in [2.24, 2.45) is 0 Å². The van der Waals surface area contributed by atoms with Crippen molar-refractivity contribution in [2.75, 3.05) is 18.0 Å². The summed E-state index contributed by atoms with van der Waals surface area (Å²) < 4.78 is 0. The van der Waals surface area contributed by atoms with E-state index in [-0.39, 0.29) is 12.1 Å². The molecule has 3 heterocycles. The highest BCUT2D eigenvalue weighted by molar-refractivity contribution is 7.09. The Morgan fingerprint density at radius 1 is 1.33 bits per heavy atom. The van der Waals surface area contributed by atoms with Gasteiger partial charge in [-0.05, 0) is 37.1 Å². The van der Waals surface area contributed by atoms with Gasteiger partial charge in [-0.15, -0.1) is 11.3 Å². The van der Waals surface area contributed by atoms with E-state index in [2.05, 4.69) is 31.8 Å². The molecule has 2 fully saturated rings. The van der Waals surface area contributed by atoms with E-state index < -0.39 is 0 Å². The van der Waals surface area contributed by atoms with Crippen molar-refractivity contribution in [1.82, 2.24) is 20.8 Å². The maximum absolute atomic E-state index is 12.0. The lowest BCUT2D eigenvalue weighted by atomic mass is 10.1. The van der Waals surface area contributed by atoms with Crippen LogP contribution in [0.15, 0.2) is 23.6 Å². The largest absolute Gasteiger partial charge is 0.355 e. The zero-order valence-electron chi connectivity index (χ0n) is 13.6. The monoisotopic (exact) mass is 345 g/mol. The third-order valence-electron chi connectivity index (χ3n) is 4.76. The number of nitrogens with one attached hydrogen (secondary N) is 3. The van der Waals surface area contributed by atoms with Gasteiger partial charge in [0.1, 0.15) is 0 Å². The minimum atomic E-state index is -0.0716. The van der Waals surface area contributed by atoms with Crippen molar-refractivity contribution < 1.29 is 4.79 Å². The summed E-state index contributed by atoms with van der Waals surface area (Å²) in [6.45, 7) is 2.47. The van der Waals surface area contributed by atoms with Crippen LogP contribution in [0.2, 0.25) is 0 Å². The minimum Gasteiger partial charge on any atom is -0.355 e. The van der Waals surface area contributed by atoms with E-state index in [1.54, 1.807) is 11.3 Å². The van der Waals surface area contributed by atoms with Crippen molar-refractivity contribution >= 4 is 23.2 Å². The molecule has 2 aromatic rings. The number of aromatic nitrogens is 2. The molecule has 0 bridgehead atoms. The van der Waals surface area contributed by atoms with E-state index in [4.69, 9.17) is 0 Å². The van der Waals surface area contributed by atoms with E-state index >= 15 is 0 Å². The van der Waals surface area contributed by atoms with Crippen molar-refractivity contribution in [3.05, 3.63) is 34.2 Å². The van der Waals surface area contributed by atoms with Crippen molar-refractivity contribution in [1.29, 1.82) is 0 Å². The van der Waals surface area contributed by atoms with Gasteiger partial charge in [0, 0.05) is 41.7 Å². The molecule has 1 saturated heterocycles. The number of anilines is 1. The second kappa shape index (κ2) is 6.84. The van der Waals surface area contributed by atoms with Gasteiger partial charge >= 0.3 is 6.03 Å². The molecule has 1 aliphatic heterocycles. The highest BCUT2D eigenvalue weighted by atomic mass is 32.1. The minimum absolute atomic E-state index is 0.0716. The van der Waals surface area contributed by atoms with Gasteiger partial charge in [-0.2, -0.15) is 5.10 Å². The van der Waals surface area contributed by atoms with E-state index in [1.165, 1.54) is 23.4 Å². The first-order valence-electron chi connectivity index (χ1n) is 8.65. The number of hydrogen-bond donors (Lipinski definition) is 3. The lowest BCUT2D eigenvalue weighted by Gasteiger charge is -2.32. The van der Waals surface area contributed by atoms with E-state index in [0.717, 1.165) is 31.7 Å². The fourth-order valence-electron chi connectivity index (χ4n) is 3.16. The lowest BCUT2D eigenvalue weighted by molar-refractivity contribution is 0.234. The van der Waals surface area contributed by atoms with E-state index in [0.29, 0.717) is 12.5 Å². The average Bonchev–Trinajstić information content (AvgIpc) is 3.12. The SMILES string of the molecule is O=C(NCc1cccs1)NC1CCN(c2cc(C3CC3)[nH]n2)CC1. The van der Waals surface area contributed by atoms with Gasteiger partial charge in [0.15, 0.2) is 5.82 Å². The fourth-order valence-corrected chi connectivity index (χ4v) is 3.81. The molecule has 0 unspecified atom stereocenters. The molecule has 2 aromatic heterocycles. The quantitative estimate of drug-likeness (QED) is 0.780. The van der Waals surface area contributed by atoms with Crippen LogP contribution in [-0.4, -0.2) is 35.4 Å². The molecule has 128 valence electrons. The van der Waals surface area contributed by atoms with Crippen molar-refractivity contribution in [3.8, 4) is 0 Å². The van der Waals surface area contributed by atoms with Gasteiger partial charge in [-0.25, -0.2) is 4.79 Å². The van der Waals surface area contributed by atoms with Crippen LogP contribution >= 0.6 is 11.3 Å². The molecular formula is C17H23N5OS. The topological polar surface area (TPSA) is 73.1 Å². The summed E-state index contributed by atoms with van der Waals surface area (Å²) in [4.78, 5) is 15.5. The van der Waals surface area contributed by atoms with Crippen LogP contribution in [0.25, 0.3) is 0 Å². The maximum Gasteiger partial charge on any atom is 0.315 e. The number of amides is 2. The van der Waals surface area contributed by atoms with Gasteiger partial charge in [-0.1, -0.05) is 6.07 Å². The Bertz CT molecular complexity index is 671. The van der Waals surface area contributed by atoms with Gasteiger partial charge in [0.05, 0.1) is 6.54 Å². The summed E-state index contributed by atoms with van der Waals surface area (Å²) in [7, 11) is 0. The van der Waals surface area contributed by atoms with Crippen molar-refractivity contribution in [3.63, 3.8) is 0 Å². The number of urea groups is 1. The highest BCUT2D eigenvalue weighted by Gasteiger charge is 2.27. The van der Waals surface area contributed by atoms with Crippen LogP contribution in [0.1, 0.15) is 42.2 Å². The molecule has 3 N–H and O–H groups in total. The zero-order valence-corrected chi connectivity index (χ0v) is 14.4. The van der Waals surface area contributed by atoms with Crippen LogP contribution in [-0.2, 0) is 6.54 Å². The molecule has 1 saturated carbocycles. The second-order valence-electron chi connectivity index (χ2n) is 6.62. The Morgan fingerprint density at radius 2 is 2.17 bits per heavy atom. The molecule has 0 spiro atoms. The van der Waals surface area contributed by atoms with Crippen LogP contribution in [0, 0.1) is 0 Å². The summed E-state index contributed by atoms with van der Waals surface area (Å²) in [5.74, 6) is 1.76. The highest BCUT2D eigenvalue weighted by Crippen LogP contribution is 2.40. The molecule has 7 heteroatoms.